The molecule has 0 aliphatic heterocycles. The first-order chi connectivity index (χ1) is 10.4. The van der Waals surface area contributed by atoms with Gasteiger partial charge in [-0.2, -0.15) is 5.10 Å². The second-order valence-corrected chi connectivity index (χ2v) is 7.32. The molecule has 0 fully saturated rings. The van der Waals surface area contributed by atoms with Crippen molar-refractivity contribution in [3.05, 3.63) is 58.6 Å². The van der Waals surface area contributed by atoms with Crippen molar-refractivity contribution in [1.29, 1.82) is 0 Å². The van der Waals surface area contributed by atoms with E-state index in [9.17, 15) is 9.90 Å². The lowest BCUT2D eigenvalue weighted by atomic mass is 10.2. The summed E-state index contributed by atoms with van der Waals surface area (Å²) in [5.74, 6) is -0.198. The van der Waals surface area contributed by atoms with E-state index in [1.807, 2.05) is 45.2 Å². The number of nitrogens with one attached hydrogen (secondary N) is 1. The van der Waals surface area contributed by atoms with Crippen molar-refractivity contribution in [3.63, 3.8) is 0 Å². The highest BCUT2D eigenvalue weighted by Crippen LogP contribution is 2.26. The predicted octanol–water partition coefficient (Wildman–Crippen LogP) is 4.67. The van der Waals surface area contributed by atoms with Gasteiger partial charge in [0.05, 0.1) is 23.9 Å². The van der Waals surface area contributed by atoms with Gasteiger partial charge in [0.15, 0.2) is 0 Å². The van der Waals surface area contributed by atoms with Gasteiger partial charge >= 0.3 is 0 Å². The number of benzene rings is 2. The number of rotatable bonds is 3. The summed E-state index contributed by atoms with van der Waals surface area (Å²) >= 11 is 15.8. The van der Waals surface area contributed by atoms with Crippen molar-refractivity contribution >= 4 is 80.5 Å². The summed E-state index contributed by atoms with van der Waals surface area (Å²) < 4.78 is 1.41. The molecule has 0 saturated heterocycles. The Morgan fingerprint density at radius 1 is 1.18 bits per heavy atom. The molecule has 0 aliphatic carbocycles. The van der Waals surface area contributed by atoms with E-state index in [1.54, 1.807) is 18.2 Å². The number of phenols is 1. The van der Waals surface area contributed by atoms with Gasteiger partial charge in [0.2, 0.25) is 0 Å². The second-order valence-electron chi connectivity index (χ2n) is 4.16. The molecule has 8 heteroatoms. The molecule has 4 nitrogen and oxygen atoms in total. The second kappa shape index (κ2) is 7.80. The van der Waals surface area contributed by atoms with Crippen molar-refractivity contribution in [2.45, 2.75) is 0 Å². The van der Waals surface area contributed by atoms with E-state index in [1.165, 1.54) is 18.3 Å². The van der Waals surface area contributed by atoms with Gasteiger partial charge < -0.3 is 5.11 Å². The lowest BCUT2D eigenvalue weighted by molar-refractivity contribution is 0.0955. The smallest absolute Gasteiger partial charge is 0.272 e. The lowest BCUT2D eigenvalue weighted by Crippen LogP contribution is -2.18. The van der Waals surface area contributed by atoms with Crippen molar-refractivity contribution in [3.8, 4) is 5.75 Å². The number of hydrogen-bond donors (Lipinski definition) is 2. The van der Waals surface area contributed by atoms with Crippen molar-refractivity contribution < 1.29 is 9.90 Å². The first-order valence-electron chi connectivity index (χ1n) is 5.85. The maximum Gasteiger partial charge on any atom is 0.272 e. The van der Waals surface area contributed by atoms with Crippen LogP contribution in [0.1, 0.15) is 15.9 Å². The van der Waals surface area contributed by atoms with Crippen LogP contribution in [0.5, 0.6) is 5.75 Å². The summed E-state index contributed by atoms with van der Waals surface area (Å²) in [5.41, 5.74) is 3.45. The molecule has 114 valence electrons. The van der Waals surface area contributed by atoms with Crippen LogP contribution in [-0.2, 0) is 0 Å². The van der Waals surface area contributed by atoms with Crippen molar-refractivity contribution in [2.24, 2.45) is 5.10 Å². The molecule has 0 unspecified atom stereocenters. The Labute approximate surface area is 164 Å². The minimum atomic E-state index is -0.430. The summed E-state index contributed by atoms with van der Waals surface area (Å²) in [5, 5.41) is 14.3. The van der Waals surface area contributed by atoms with Gasteiger partial charge in [-0.1, -0.05) is 23.2 Å². The molecule has 0 radical (unpaired) electrons. The summed E-state index contributed by atoms with van der Waals surface area (Å²) in [7, 11) is 0. The SMILES string of the molecule is O=C(N/N=C/c1cc(I)c(O)c(I)c1)c1ccc(Cl)cc1Cl. The third-order valence-electron chi connectivity index (χ3n) is 2.59. The Kier molecular flexibility index (Phi) is 6.30. The largest absolute Gasteiger partial charge is 0.506 e. The third kappa shape index (κ3) is 4.46. The Bertz CT molecular complexity index is 743. The number of nitrogens with zero attached hydrogens (tertiary/aromatic N) is 1. The molecule has 2 aromatic carbocycles. The highest BCUT2D eigenvalue weighted by molar-refractivity contribution is 14.1. The molecule has 0 aliphatic rings. The zero-order valence-corrected chi connectivity index (χ0v) is 16.6. The van der Waals surface area contributed by atoms with Crippen LogP contribution in [0.3, 0.4) is 0 Å². The highest BCUT2D eigenvalue weighted by Gasteiger charge is 2.09. The Hall–Kier alpha value is -0.580. The number of phenolic OH excluding ortho intramolecular Hbond substituents is 1. The summed E-state index contributed by atoms with van der Waals surface area (Å²) in [6.07, 6.45) is 1.49. The lowest BCUT2D eigenvalue weighted by Gasteiger charge is -2.04. The van der Waals surface area contributed by atoms with Crippen LogP contribution in [-0.4, -0.2) is 17.2 Å². The number of hydrogen-bond acceptors (Lipinski definition) is 3. The molecule has 0 saturated carbocycles. The monoisotopic (exact) mass is 560 g/mol. The fraction of sp³-hybridized carbons (Fsp3) is 0. The van der Waals surface area contributed by atoms with Crippen LogP contribution in [0.15, 0.2) is 35.4 Å². The minimum Gasteiger partial charge on any atom is -0.506 e. The number of hydrazone groups is 1. The van der Waals surface area contributed by atoms with Crippen LogP contribution in [0, 0.1) is 7.14 Å². The molecule has 0 aromatic heterocycles. The van der Waals surface area contributed by atoms with Crippen molar-refractivity contribution in [2.75, 3.05) is 0 Å². The van der Waals surface area contributed by atoms with Crippen LogP contribution < -0.4 is 5.43 Å². The zero-order valence-electron chi connectivity index (χ0n) is 10.8. The number of amides is 1. The fourth-order valence-electron chi connectivity index (χ4n) is 1.56. The van der Waals surface area contributed by atoms with Gasteiger partial charge in [-0.05, 0) is 81.1 Å². The summed E-state index contributed by atoms with van der Waals surface area (Å²) in [6, 6.07) is 8.11. The van der Waals surface area contributed by atoms with E-state index in [0.29, 0.717) is 12.2 Å². The first-order valence-corrected chi connectivity index (χ1v) is 8.76. The molecular formula is C14H8Cl2I2N2O2. The van der Waals surface area contributed by atoms with Crippen molar-refractivity contribution in [1.82, 2.24) is 5.43 Å². The number of carbonyl (C=O) groups is 1. The topological polar surface area (TPSA) is 61.7 Å². The maximum atomic E-state index is 12.0. The average Bonchev–Trinajstić information content (AvgIpc) is 2.44. The fourth-order valence-corrected chi connectivity index (χ4v) is 3.87. The number of halogens is 4. The zero-order chi connectivity index (χ0) is 16.3. The van der Waals surface area contributed by atoms with Crippen LogP contribution in [0.4, 0.5) is 0 Å². The van der Waals surface area contributed by atoms with E-state index in [0.717, 1.165) is 5.56 Å². The van der Waals surface area contributed by atoms with Crippen LogP contribution >= 0.6 is 68.4 Å². The van der Waals surface area contributed by atoms with Gasteiger partial charge in [-0.3, -0.25) is 4.79 Å². The number of aromatic hydroxyl groups is 1. The van der Waals surface area contributed by atoms with Gasteiger partial charge in [0, 0.05) is 5.02 Å². The summed E-state index contributed by atoms with van der Waals surface area (Å²) in [4.78, 5) is 12.0. The van der Waals surface area contributed by atoms with Gasteiger partial charge in [0.25, 0.3) is 5.91 Å². The Morgan fingerprint density at radius 3 is 2.41 bits per heavy atom. The molecule has 0 spiro atoms. The normalized spacial score (nSPS) is 10.9. The molecule has 2 rings (SSSR count). The summed E-state index contributed by atoms with van der Waals surface area (Å²) in [6.45, 7) is 0. The molecule has 1 amide bonds. The molecule has 0 bridgehead atoms. The third-order valence-corrected chi connectivity index (χ3v) is 4.79. The maximum absolute atomic E-state index is 12.0. The Morgan fingerprint density at radius 2 is 1.82 bits per heavy atom. The molecular weight excluding hydrogens is 553 g/mol. The quantitative estimate of drug-likeness (QED) is 0.326. The molecule has 2 aromatic rings. The first kappa shape index (κ1) is 17.8. The average molecular weight is 561 g/mol. The van der Waals surface area contributed by atoms with E-state index in [4.69, 9.17) is 23.2 Å². The van der Waals surface area contributed by atoms with Crippen LogP contribution in [0.25, 0.3) is 0 Å². The minimum absolute atomic E-state index is 0.232. The van der Waals surface area contributed by atoms with Gasteiger partial charge in [-0.15, -0.1) is 0 Å². The van der Waals surface area contributed by atoms with E-state index in [2.05, 4.69) is 10.5 Å². The van der Waals surface area contributed by atoms with E-state index < -0.39 is 5.91 Å². The van der Waals surface area contributed by atoms with Gasteiger partial charge in [0.1, 0.15) is 5.75 Å². The van der Waals surface area contributed by atoms with E-state index >= 15 is 0 Å². The Balaban J connectivity index is 2.10. The molecule has 0 atom stereocenters. The molecule has 2 N–H and O–H groups in total. The van der Waals surface area contributed by atoms with E-state index in [-0.39, 0.29) is 16.3 Å². The molecule has 0 heterocycles. The van der Waals surface area contributed by atoms with Gasteiger partial charge in [-0.25, -0.2) is 5.43 Å². The number of carbonyl (C=O) groups excluding carboxylic acids is 1. The highest BCUT2D eigenvalue weighted by atomic mass is 127. The standard InChI is InChI=1S/C14H8Cl2I2N2O2/c15-8-1-2-9(10(16)5-8)14(22)20-19-6-7-3-11(17)13(21)12(18)4-7/h1-6,21H,(H,20,22)/b19-6+. The predicted molar refractivity (Wildman–Crippen MR) is 105 cm³/mol. The van der Waals surface area contributed by atoms with Crippen LogP contribution in [0.2, 0.25) is 10.0 Å². The molecule has 22 heavy (non-hydrogen) atoms.